The molecule has 0 saturated heterocycles. The van der Waals surface area contributed by atoms with E-state index in [9.17, 15) is 4.79 Å². The van der Waals surface area contributed by atoms with Crippen molar-refractivity contribution in [1.29, 1.82) is 0 Å². The van der Waals surface area contributed by atoms with Crippen molar-refractivity contribution in [2.75, 3.05) is 24.9 Å². The maximum absolute atomic E-state index is 12.9. The van der Waals surface area contributed by atoms with Gasteiger partial charge in [-0.3, -0.25) is 4.79 Å². The van der Waals surface area contributed by atoms with Crippen LogP contribution in [0.15, 0.2) is 77.4 Å². The Morgan fingerprint density at radius 3 is 2.03 bits per heavy atom. The van der Waals surface area contributed by atoms with Gasteiger partial charge in [-0.15, -0.1) is 5.10 Å². The number of carbonyl (C=O) groups excluding carboxylic acids is 1. The van der Waals surface area contributed by atoms with Crippen LogP contribution in [0.5, 0.6) is 11.5 Å². The van der Waals surface area contributed by atoms with E-state index < -0.39 is 5.91 Å². The normalized spacial score (nSPS) is 10.5. The minimum absolute atomic E-state index is 0.187. The van der Waals surface area contributed by atoms with Gasteiger partial charge in [0.15, 0.2) is 11.6 Å². The second-order valence-electron chi connectivity index (χ2n) is 6.32. The number of methoxy groups -OCH3 is 2. The molecule has 0 aliphatic heterocycles. The number of ether oxygens (including phenoxy) is 2. The fourth-order valence-electron chi connectivity index (χ4n) is 2.84. The highest BCUT2D eigenvalue weighted by Gasteiger charge is 2.19. The Balaban J connectivity index is 1.64. The van der Waals surface area contributed by atoms with Crippen LogP contribution < -0.4 is 20.1 Å². The minimum atomic E-state index is -0.390. The Morgan fingerprint density at radius 1 is 0.900 bits per heavy atom. The van der Waals surface area contributed by atoms with E-state index in [1.807, 2.05) is 48.5 Å². The molecule has 30 heavy (non-hydrogen) atoms. The summed E-state index contributed by atoms with van der Waals surface area (Å²) in [5.41, 5.74) is 1.59. The summed E-state index contributed by atoms with van der Waals surface area (Å²) < 4.78 is 16.9. The first-order valence-electron chi connectivity index (χ1n) is 9.16. The van der Waals surface area contributed by atoms with Gasteiger partial charge in [-0.05, 0) is 60.7 Å². The molecule has 0 aliphatic rings. The van der Waals surface area contributed by atoms with Crippen LogP contribution in [0.25, 0.3) is 0 Å². The van der Waals surface area contributed by atoms with Gasteiger partial charge in [0.25, 0.3) is 0 Å². The highest BCUT2D eigenvalue weighted by Crippen LogP contribution is 2.26. The fraction of sp³-hybridized carbons (Fsp3) is 0.0909. The van der Waals surface area contributed by atoms with Crippen molar-refractivity contribution in [3.63, 3.8) is 0 Å². The number of nitrogens with zero attached hydrogens (tertiary/aromatic N) is 2. The summed E-state index contributed by atoms with van der Waals surface area (Å²) >= 11 is 0. The van der Waals surface area contributed by atoms with Gasteiger partial charge in [-0.25, -0.2) is 0 Å². The molecule has 0 amide bonds. The highest BCUT2D eigenvalue weighted by molar-refractivity contribution is 5.95. The van der Waals surface area contributed by atoms with Crippen LogP contribution in [0.2, 0.25) is 0 Å². The van der Waals surface area contributed by atoms with E-state index in [-0.39, 0.29) is 5.76 Å². The molecule has 0 aliphatic carbocycles. The molecule has 0 unspecified atom stereocenters. The van der Waals surface area contributed by atoms with Crippen molar-refractivity contribution in [3.8, 4) is 11.5 Å². The lowest BCUT2D eigenvalue weighted by Crippen LogP contribution is -2.15. The van der Waals surface area contributed by atoms with Crippen LogP contribution in [-0.4, -0.2) is 29.9 Å². The lowest BCUT2D eigenvalue weighted by Gasteiger charge is -2.08. The Labute approximate surface area is 173 Å². The summed E-state index contributed by atoms with van der Waals surface area (Å²) in [5, 5.41) is 10.8. The van der Waals surface area contributed by atoms with Gasteiger partial charge in [0, 0.05) is 17.4 Å². The molecule has 2 heterocycles. The molecule has 8 heteroatoms. The van der Waals surface area contributed by atoms with Crippen LogP contribution in [0, 0.1) is 0 Å². The van der Waals surface area contributed by atoms with Gasteiger partial charge in [0.1, 0.15) is 17.3 Å². The lowest BCUT2D eigenvalue weighted by molar-refractivity contribution is 0.0920. The first kappa shape index (κ1) is 19.1. The van der Waals surface area contributed by atoms with Crippen molar-refractivity contribution in [2.24, 2.45) is 0 Å². The van der Waals surface area contributed by atoms with Gasteiger partial charge < -0.3 is 24.5 Å². The average molecular weight is 404 g/mol. The van der Waals surface area contributed by atoms with E-state index in [2.05, 4.69) is 15.7 Å². The molecule has 152 valence electrons. The second-order valence-corrected chi connectivity index (χ2v) is 6.32. The van der Waals surface area contributed by atoms with Crippen LogP contribution >= 0.6 is 0 Å². The maximum atomic E-state index is 12.9. The Hall–Kier alpha value is -4.20. The van der Waals surface area contributed by atoms with Crippen LogP contribution in [-0.2, 0) is 0 Å². The number of nitrogens with one attached hydrogen (secondary N) is 2. The van der Waals surface area contributed by atoms with Crippen molar-refractivity contribution in [2.45, 2.75) is 0 Å². The zero-order valence-electron chi connectivity index (χ0n) is 16.5. The molecule has 4 aromatic rings. The Morgan fingerprint density at radius 2 is 1.50 bits per heavy atom. The maximum Gasteiger partial charge on any atom is 0.315 e. The third-order valence-corrected chi connectivity index (χ3v) is 4.36. The number of rotatable bonds is 7. The smallest absolute Gasteiger partial charge is 0.315 e. The number of carbonyl (C=O) groups is 1. The van der Waals surface area contributed by atoms with Gasteiger partial charge >= 0.3 is 5.91 Å². The highest BCUT2D eigenvalue weighted by atomic mass is 16.5. The number of anilines is 4. The number of furan rings is 1. The number of benzene rings is 2. The molecule has 4 rings (SSSR count). The summed E-state index contributed by atoms with van der Waals surface area (Å²) in [5.74, 6) is 2.27. The van der Waals surface area contributed by atoms with Gasteiger partial charge in [0.05, 0.1) is 20.5 Å². The third-order valence-electron chi connectivity index (χ3n) is 4.36. The average Bonchev–Trinajstić information content (AvgIpc) is 3.45. The predicted molar refractivity (Wildman–Crippen MR) is 113 cm³/mol. The molecule has 0 fully saturated rings. The lowest BCUT2D eigenvalue weighted by atomic mass is 10.3. The summed E-state index contributed by atoms with van der Waals surface area (Å²) in [6, 6.07) is 19.8. The van der Waals surface area contributed by atoms with E-state index in [4.69, 9.17) is 13.9 Å². The molecule has 2 aromatic heterocycles. The quantitative estimate of drug-likeness (QED) is 0.463. The molecule has 8 nitrogen and oxygen atoms in total. The number of hydrogen-bond acceptors (Lipinski definition) is 7. The molecule has 0 spiro atoms. The Bertz CT molecular complexity index is 1120. The van der Waals surface area contributed by atoms with Gasteiger partial charge in [-0.1, -0.05) is 0 Å². The van der Waals surface area contributed by atoms with Crippen LogP contribution in [0.3, 0.4) is 0 Å². The summed E-state index contributed by atoms with van der Waals surface area (Å²) in [6.45, 7) is 0. The second kappa shape index (κ2) is 8.44. The fourth-order valence-corrected chi connectivity index (χ4v) is 2.84. The van der Waals surface area contributed by atoms with Crippen molar-refractivity contribution in [3.05, 3.63) is 78.8 Å². The van der Waals surface area contributed by atoms with Crippen molar-refractivity contribution >= 4 is 28.9 Å². The van der Waals surface area contributed by atoms with Crippen LogP contribution in [0.4, 0.5) is 23.0 Å². The van der Waals surface area contributed by atoms with E-state index in [1.54, 1.807) is 32.4 Å². The first-order chi connectivity index (χ1) is 14.7. The molecular formula is C22H20N4O4. The zero-order valence-corrected chi connectivity index (χ0v) is 16.5. The molecule has 2 N–H and O–H groups in total. The standard InChI is InChI=1S/C22H20N4O4/c1-28-17-9-5-15(6-10-17)23-20-14-21(24-16-7-11-18(29-2)12-8-16)26(25-20)22(27)19-4-3-13-30-19/h3-14,24H,1-2H3,(H,23,25). The minimum Gasteiger partial charge on any atom is -0.497 e. The predicted octanol–water partition coefficient (Wildman–Crippen LogP) is 4.67. The summed E-state index contributed by atoms with van der Waals surface area (Å²) in [7, 11) is 3.22. The molecule has 0 saturated carbocycles. The SMILES string of the molecule is COc1ccc(Nc2cc(Nc3ccc(OC)cc3)n(C(=O)c3ccco3)n2)cc1. The molecule has 2 aromatic carbocycles. The largest absolute Gasteiger partial charge is 0.497 e. The molecule has 0 bridgehead atoms. The number of aromatic nitrogens is 2. The van der Waals surface area contributed by atoms with Crippen molar-refractivity contribution in [1.82, 2.24) is 9.78 Å². The first-order valence-corrected chi connectivity index (χ1v) is 9.16. The van der Waals surface area contributed by atoms with E-state index in [0.29, 0.717) is 11.6 Å². The Kier molecular flexibility index (Phi) is 5.38. The van der Waals surface area contributed by atoms with Crippen LogP contribution in [0.1, 0.15) is 10.6 Å². The monoisotopic (exact) mass is 404 g/mol. The van der Waals surface area contributed by atoms with Gasteiger partial charge in [-0.2, -0.15) is 4.68 Å². The number of hydrogen-bond donors (Lipinski definition) is 2. The van der Waals surface area contributed by atoms with E-state index in [0.717, 1.165) is 22.9 Å². The molecule has 0 radical (unpaired) electrons. The van der Waals surface area contributed by atoms with Gasteiger partial charge in [0.2, 0.25) is 0 Å². The molecule has 0 atom stereocenters. The van der Waals surface area contributed by atoms with Crippen molar-refractivity contribution < 1.29 is 18.7 Å². The third kappa shape index (κ3) is 4.12. The molecular weight excluding hydrogens is 384 g/mol. The van der Waals surface area contributed by atoms with E-state index in [1.165, 1.54) is 10.9 Å². The summed E-state index contributed by atoms with van der Waals surface area (Å²) in [6.07, 6.45) is 1.45. The van der Waals surface area contributed by atoms with E-state index >= 15 is 0 Å². The zero-order chi connectivity index (χ0) is 20.9. The topological polar surface area (TPSA) is 90.5 Å². The summed E-state index contributed by atoms with van der Waals surface area (Å²) in [4.78, 5) is 12.9.